The van der Waals surface area contributed by atoms with E-state index in [2.05, 4.69) is 10.2 Å². The molecule has 0 radical (unpaired) electrons. The van der Waals surface area contributed by atoms with Crippen LogP contribution < -0.4 is 5.32 Å². The van der Waals surface area contributed by atoms with Crippen molar-refractivity contribution in [1.82, 2.24) is 9.80 Å². The van der Waals surface area contributed by atoms with Gasteiger partial charge in [0.25, 0.3) is 0 Å². The summed E-state index contributed by atoms with van der Waals surface area (Å²) in [5.41, 5.74) is 1.24. The molecule has 1 N–H and O–H groups in total. The maximum absolute atomic E-state index is 12.3. The number of rotatable bonds is 3. The number of nitrogens with one attached hydrogen (secondary N) is 1. The normalized spacial score (nSPS) is 16.7. The van der Waals surface area contributed by atoms with E-state index in [1.54, 1.807) is 36.1 Å². The highest BCUT2D eigenvalue weighted by atomic mass is 16.2. The lowest BCUT2D eigenvalue weighted by Gasteiger charge is -2.37. The number of amides is 2. The SMILES string of the molecule is CC(=O)N1CCN([C@H](C)C(=O)Nc2ccc(C#N)cc2)CC1. The standard InChI is InChI=1S/C16H20N4O2/c1-12(19-7-9-20(10-8-19)13(2)21)16(22)18-15-5-3-14(11-17)4-6-15/h3-6,12H,7-10H2,1-2H3,(H,18,22)/t12-/m1/s1. The molecule has 0 saturated carbocycles. The van der Waals surface area contributed by atoms with Crippen molar-refractivity contribution in [2.75, 3.05) is 31.5 Å². The van der Waals surface area contributed by atoms with E-state index in [1.807, 2.05) is 13.0 Å². The molecule has 2 rings (SSSR count). The molecule has 0 bridgehead atoms. The number of piperazine rings is 1. The zero-order valence-electron chi connectivity index (χ0n) is 12.9. The average molecular weight is 300 g/mol. The molecule has 116 valence electrons. The summed E-state index contributed by atoms with van der Waals surface area (Å²) in [5, 5.41) is 11.6. The van der Waals surface area contributed by atoms with Crippen LogP contribution in [0.4, 0.5) is 5.69 Å². The summed E-state index contributed by atoms with van der Waals surface area (Å²) in [7, 11) is 0. The first-order valence-corrected chi connectivity index (χ1v) is 7.32. The van der Waals surface area contributed by atoms with Crippen LogP contribution in [-0.2, 0) is 9.59 Å². The van der Waals surface area contributed by atoms with Crippen molar-refractivity contribution in [3.8, 4) is 6.07 Å². The van der Waals surface area contributed by atoms with Crippen molar-refractivity contribution in [2.24, 2.45) is 0 Å². The maximum atomic E-state index is 12.3. The Balaban J connectivity index is 1.89. The first-order chi connectivity index (χ1) is 10.5. The molecular formula is C16H20N4O2. The van der Waals surface area contributed by atoms with E-state index in [4.69, 9.17) is 5.26 Å². The van der Waals surface area contributed by atoms with E-state index in [9.17, 15) is 9.59 Å². The van der Waals surface area contributed by atoms with E-state index >= 15 is 0 Å². The highest BCUT2D eigenvalue weighted by Crippen LogP contribution is 2.12. The number of nitrogens with zero attached hydrogens (tertiary/aromatic N) is 3. The van der Waals surface area contributed by atoms with E-state index in [0.717, 1.165) is 0 Å². The van der Waals surface area contributed by atoms with Gasteiger partial charge in [-0.15, -0.1) is 0 Å². The van der Waals surface area contributed by atoms with Crippen LogP contribution in [0.1, 0.15) is 19.4 Å². The Hall–Kier alpha value is -2.39. The summed E-state index contributed by atoms with van der Waals surface area (Å²) < 4.78 is 0. The van der Waals surface area contributed by atoms with Gasteiger partial charge in [-0.05, 0) is 31.2 Å². The lowest BCUT2D eigenvalue weighted by atomic mass is 10.2. The molecule has 6 heteroatoms. The molecule has 1 aliphatic heterocycles. The second-order valence-electron chi connectivity index (χ2n) is 5.40. The molecule has 1 heterocycles. The van der Waals surface area contributed by atoms with Gasteiger partial charge in [0.15, 0.2) is 0 Å². The fourth-order valence-corrected chi connectivity index (χ4v) is 2.46. The number of carbonyl (C=O) groups is 2. The van der Waals surface area contributed by atoms with Crippen molar-refractivity contribution in [1.29, 1.82) is 5.26 Å². The van der Waals surface area contributed by atoms with Crippen molar-refractivity contribution in [2.45, 2.75) is 19.9 Å². The molecule has 0 aromatic heterocycles. The molecule has 0 aliphatic carbocycles. The molecule has 22 heavy (non-hydrogen) atoms. The Morgan fingerprint density at radius 1 is 1.18 bits per heavy atom. The van der Waals surface area contributed by atoms with Crippen LogP contribution in [-0.4, -0.2) is 53.8 Å². The zero-order chi connectivity index (χ0) is 16.1. The molecule has 0 unspecified atom stereocenters. The molecule has 1 saturated heterocycles. The monoisotopic (exact) mass is 300 g/mol. The largest absolute Gasteiger partial charge is 0.340 e. The quantitative estimate of drug-likeness (QED) is 0.905. The minimum absolute atomic E-state index is 0.0781. The van der Waals surface area contributed by atoms with Gasteiger partial charge in [-0.1, -0.05) is 0 Å². The number of carbonyl (C=O) groups excluding carboxylic acids is 2. The summed E-state index contributed by atoms with van der Waals surface area (Å²) in [6, 6.07) is 8.57. The Labute approximate surface area is 130 Å². The predicted octanol–water partition coefficient (Wildman–Crippen LogP) is 1.05. The minimum atomic E-state index is -0.259. The summed E-state index contributed by atoms with van der Waals surface area (Å²) >= 11 is 0. The molecular weight excluding hydrogens is 280 g/mol. The van der Waals surface area contributed by atoms with Gasteiger partial charge >= 0.3 is 0 Å². The zero-order valence-corrected chi connectivity index (χ0v) is 12.9. The van der Waals surface area contributed by atoms with Crippen molar-refractivity contribution in [3.05, 3.63) is 29.8 Å². The van der Waals surface area contributed by atoms with Gasteiger partial charge < -0.3 is 10.2 Å². The van der Waals surface area contributed by atoms with Crippen LogP contribution in [0, 0.1) is 11.3 Å². The van der Waals surface area contributed by atoms with Gasteiger partial charge in [-0.3, -0.25) is 14.5 Å². The first kappa shape index (κ1) is 16.0. The predicted molar refractivity (Wildman–Crippen MR) is 83.1 cm³/mol. The second kappa shape index (κ2) is 7.05. The van der Waals surface area contributed by atoms with E-state index in [-0.39, 0.29) is 17.9 Å². The molecule has 0 spiro atoms. The maximum Gasteiger partial charge on any atom is 0.241 e. The highest BCUT2D eigenvalue weighted by Gasteiger charge is 2.26. The lowest BCUT2D eigenvalue weighted by Crippen LogP contribution is -2.53. The fraction of sp³-hybridized carbons (Fsp3) is 0.438. The Kier molecular flexibility index (Phi) is 5.12. The van der Waals surface area contributed by atoms with Crippen molar-refractivity contribution >= 4 is 17.5 Å². The van der Waals surface area contributed by atoms with Gasteiger partial charge in [0, 0.05) is 38.8 Å². The van der Waals surface area contributed by atoms with Gasteiger partial charge in [0.1, 0.15) is 0 Å². The lowest BCUT2D eigenvalue weighted by molar-refractivity contribution is -0.131. The Morgan fingerprint density at radius 2 is 1.77 bits per heavy atom. The number of hydrogen-bond donors (Lipinski definition) is 1. The summed E-state index contributed by atoms with van der Waals surface area (Å²) in [6.07, 6.45) is 0. The first-order valence-electron chi connectivity index (χ1n) is 7.32. The van der Waals surface area contributed by atoms with Crippen LogP contribution in [0.3, 0.4) is 0 Å². The van der Waals surface area contributed by atoms with Gasteiger partial charge in [0.05, 0.1) is 17.7 Å². The molecule has 1 aliphatic rings. The van der Waals surface area contributed by atoms with Gasteiger partial charge in [0.2, 0.25) is 11.8 Å². The highest BCUT2D eigenvalue weighted by molar-refractivity contribution is 5.94. The topological polar surface area (TPSA) is 76.4 Å². The molecule has 6 nitrogen and oxygen atoms in total. The summed E-state index contributed by atoms with van der Waals surface area (Å²) in [6.45, 7) is 6.13. The second-order valence-corrected chi connectivity index (χ2v) is 5.40. The van der Waals surface area contributed by atoms with Crippen LogP contribution in [0.25, 0.3) is 0 Å². The van der Waals surface area contributed by atoms with E-state index in [0.29, 0.717) is 37.4 Å². The van der Waals surface area contributed by atoms with E-state index < -0.39 is 0 Å². The number of nitriles is 1. The number of hydrogen-bond acceptors (Lipinski definition) is 4. The molecule has 1 aromatic carbocycles. The molecule has 1 fully saturated rings. The van der Waals surface area contributed by atoms with Crippen LogP contribution in [0.2, 0.25) is 0 Å². The smallest absolute Gasteiger partial charge is 0.241 e. The number of anilines is 1. The molecule has 1 atom stereocenters. The fourth-order valence-electron chi connectivity index (χ4n) is 2.46. The summed E-state index contributed by atoms with van der Waals surface area (Å²) in [5.74, 6) is -0.00433. The third kappa shape index (κ3) is 3.83. The van der Waals surface area contributed by atoms with Gasteiger partial charge in [-0.25, -0.2) is 0 Å². The third-order valence-electron chi connectivity index (χ3n) is 3.97. The number of benzene rings is 1. The average Bonchev–Trinajstić information content (AvgIpc) is 2.55. The van der Waals surface area contributed by atoms with Crippen LogP contribution in [0.15, 0.2) is 24.3 Å². The summed E-state index contributed by atoms with van der Waals surface area (Å²) in [4.78, 5) is 27.5. The Morgan fingerprint density at radius 3 is 2.27 bits per heavy atom. The van der Waals surface area contributed by atoms with Crippen LogP contribution in [0.5, 0.6) is 0 Å². The van der Waals surface area contributed by atoms with Crippen LogP contribution >= 0.6 is 0 Å². The Bertz CT molecular complexity index is 583. The van der Waals surface area contributed by atoms with E-state index in [1.165, 1.54) is 0 Å². The third-order valence-corrected chi connectivity index (χ3v) is 3.97. The van der Waals surface area contributed by atoms with Gasteiger partial charge in [-0.2, -0.15) is 5.26 Å². The minimum Gasteiger partial charge on any atom is -0.340 e. The molecule has 2 amide bonds. The van der Waals surface area contributed by atoms with Crippen molar-refractivity contribution < 1.29 is 9.59 Å². The van der Waals surface area contributed by atoms with Crippen molar-refractivity contribution in [3.63, 3.8) is 0 Å². The molecule has 1 aromatic rings.